The summed E-state index contributed by atoms with van der Waals surface area (Å²) in [5, 5.41) is 11.6. The van der Waals surface area contributed by atoms with Crippen LogP contribution in [-0.4, -0.2) is 23.5 Å². The fraction of sp³-hybridized carbons (Fsp3) is 0.467. The quantitative estimate of drug-likeness (QED) is 0.783. The Morgan fingerprint density at radius 3 is 2.57 bits per heavy atom. The Morgan fingerprint density at radius 1 is 1.38 bits per heavy atom. The van der Waals surface area contributed by atoms with Gasteiger partial charge in [0.2, 0.25) is 0 Å². The average Bonchev–Trinajstić information content (AvgIpc) is 2.37. The topological polar surface area (TPSA) is 66.4 Å². The van der Waals surface area contributed by atoms with Gasteiger partial charge in [-0.15, -0.1) is 0 Å². The van der Waals surface area contributed by atoms with E-state index in [9.17, 15) is 14.0 Å². The molecule has 0 heterocycles. The molecule has 0 radical (unpaired) electrons. The van der Waals surface area contributed by atoms with E-state index in [1.54, 1.807) is 0 Å². The summed E-state index contributed by atoms with van der Waals surface area (Å²) in [5.41, 5.74) is 0.217. The lowest BCUT2D eigenvalue weighted by molar-refractivity contribution is -0.138. The summed E-state index contributed by atoms with van der Waals surface area (Å²) in [6, 6.07) is 4.12. The van der Waals surface area contributed by atoms with Crippen molar-refractivity contribution in [1.29, 1.82) is 0 Å². The molecule has 4 nitrogen and oxygen atoms in total. The predicted octanol–water partition coefficient (Wildman–Crippen LogP) is 3.46. The molecule has 2 N–H and O–H groups in total. The fourth-order valence-corrected chi connectivity index (χ4v) is 2.38. The van der Waals surface area contributed by atoms with Crippen molar-refractivity contribution in [3.8, 4) is 0 Å². The van der Waals surface area contributed by atoms with Crippen molar-refractivity contribution in [2.24, 2.45) is 11.8 Å². The van der Waals surface area contributed by atoms with Crippen molar-refractivity contribution >= 4 is 27.8 Å². The largest absolute Gasteiger partial charge is 0.481 e. The van der Waals surface area contributed by atoms with Gasteiger partial charge in [-0.2, -0.15) is 0 Å². The number of halogens is 2. The molecule has 1 amide bonds. The zero-order valence-electron chi connectivity index (χ0n) is 12.0. The molecular weight excluding hydrogens is 341 g/mol. The highest BCUT2D eigenvalue weighted by Crippen LogP contribution is 2.17. The first-order chi connectivity index (χ1) is 9.79. The highest BCUT2D eigenvalue weighted by Gasteiger charge is 2.17. The number of carbonyl (C=O) groups excluding carboxylic acids is 1. The van der Waals surface area contributed by atoms with Crippen LogP contribution in [0.25, 0.3) is 0 Å². The van der Waals surface area contributed by atoms with Gasteiger partial charge in [0.15, 0.2) is 0 Å². The summed E-state index contributed by atoms with van der Waals surface area (Å²) in [7, 11) is 0. The Kier molecular flexibility index (Phi) is 6.81. The van der Waals surface area contributed by atoms with Gasteiger partial charge in [-0.25, -0.2) is 4.39 Å². The molecule has 0 spiro atoms. The summed E-state index contributed by atoms with van der Waals surface area (Å²) >= 11 is 3.02. The van der Waals surface area contributed by atoms with Crippen molar-refractivity contribution < 1.29 is 19.1 Å². The van der Waals surface area contributed by atoms with Crippen molar-refractivity contribution in [1.82, 2.24) is 5.32 Å². The number of aliphatic carboxylic acids is 1. The number of carboxylic acid groups (broad SMARTS) is 1. The van der Waals surface area contributed by atoms with Gasteiger partial charge in [0, 0.05) is 18.5 Å². The number of hydrogen-bond acceptors (Lipinski definition) is 2. The van der Waals surface area contributed by atoms with Gasteiger partial charge in [0.1, 0.15) is 5.82 Å². The highest BCUT2D eigenvalue weighted by atomic mass is 79.9. The van der Waals surface area contributed by atoms with E-state index in [0.717, 1.165) is 6.07 Å². The van der Waals surface area contributed by atoms with Gasteiger partial charge < -0.3 is 10.4 Å². The second-order valence-corrected chi connectivity index (χ2v) is 6.29. The lowest BCUT2D eigenvalue weighted by Crippen LogP contribution is -2.31. The molecular formula is C15H19BrFNO3. The van der Waals surface area contributed by atoms with Crippen LogP contribution < -0.4 is 5.32 Å². The number of carbonyl (C=O) groups is 2. The Bertz CT molecular complexity index is 520. The number of carboxylic acids is 1. The van der Waals surface area contributed by atoms with Crippen LogP contribution in [0.3, 0.4) is 0 Å². The molecule has 0 aliphatic carbocycles. The number of amides is 1. The molecule has 0 aliphatic rings. The first-order valence-corrected chi connectivity index (χ1v) is 7.54. The summed E-state index contributed by atoms with van der Waals surface area (Å²) in [6.07, 6.45) is 0.717. The van der Waals surface area contributed by atoms with E-state index < -0.39 is 17.7 Å². The number of hydrogen-bond donors (Lipinski definition) is 2. The Morgan fingerprint density at radius 2 is 2.05 bits per heavy atom. The van der Waals surface area contributed by atoms with Crippen LogP contribution in [0.1, 0.15) is 37.0 Å². The minimum Gasteiger partial charge on any atom is -0.481 e. The summed E-state index contributed by atoms with van der Waals surface area (Å²) < 4.78 is 13.7. The third kappa shape index (κ3) is 6.25. The van der Waals surface area contributed by atoms with Gasteiger partial charge in [-0.05, 0) is 52.4 Å². The molecule has 0 unspecified atom stereocenters. The summed E-state index contributed by atoms with van der Waals surface area (Å²) in [4.78, 5) is 22.8. The van der Waals surface area contributed by atoms with E-state index >= 15 is 0 Å². The van der Waals surface area contributed by atoms with Crippen LogP contribution in [-0.2, 0) is 4.79 Å². The van der Waals surface area contributed by atoms with Crippen LogP contribution in [0.2, 0.25) is 0 Å². The van der Waals surface area contributed by atoms with E-state index in [0.29, 0.717) is 16.8 Å². The molecule has 116 valence electrons. The first kappa shape index (κ1) is 17.6. The maximum atomic E-state index is 13.4. The molecule has 6 heteroatoms. The van der Waals surface area contributed by atoms with Crippen molar-refractivity contribution in [2.45, 2.75) is 26.7 Å². The lowest BCUT2D eigenvalue weighted by atomic mass is 9.94. The predicted molar refractivity (Wildman–Crippen MR) is 81.6 cm³/mol. The Labute approximate surface area is 131 Å². The van der Waals surface area contributed by atoms with E-state index in [-0.39, 0.29) is 24.4 Å². The van der Waals surface area contributed by atoms with Crippen LogP contribution in [0.4, 0.5) is 4.39 Å². The number of rotatable bonds is 7. The molecule has 0 saturated carbocycles. The third-order valence-electron chi connectivity index (χ3n) is 3.00. The maximum Gasteiger partial charge on any atom is 0.303 e. The monoisotopic (exact) mass is 359 g/mol. The van der Waals surface area contributed by atoms with Crippen LogP contribution >= 0.6 is 15.9 Å². The molecule has 1 rings (SSSR count). The Hall–Kier alpha value is -1.43. The summed E-state index contributed by atoms with van der Waals surface area (Å²) in [6.45, 7) is 4.27. The molecule has 21 heavy (non-hydrogen) atoms. The van der Waals surface area contributed by atoms with Gasteiger partial charge in [0.05, 0.1) is 4.47 Å². The smallest absolute Gasteiger partial charge is 0.303 e. The number of nitrogens with one attached hydrogen (secondary N) is 1. The van der Waals surface area contributed by atoms with E-state index in [2.05, 4.69) is 21.2 Å². The zero-order chi connectivity index (χ0) is 16.0. The Balaban J connectivity index is 2.63. The minimum absolute atomic E-state index is 0.00710. The van der Waals surface area contributed by atoms with Crippen LogP contribution in [0.15, 0.2) is 22.7 Å². The van der Waals surface area contributed by atoms with Crippen molar-refractivity contribution in [3.05, 3.63) is 34.1 Å². The zero-order valence-corrected chi connectivity index (χ0v) is 13.6. The normalized spacial score (nSPS) is 12.2. The fourth-order valence-electron chi connectivity index (χ4n) is 2.13. The standard InChI is InChI=1S/C15H19BrFNO3/c1-9(2)5-10(6-14(19)20)8-18-15(21)11-3-4-12(16)13(17)7-11/h3-4,7,9-10H,5-6,8H2,1-2H3,(H,18,21)(H,19,20)/t10-/m0/s1. The SMILES string of the molecule is CC(C)C[C@H](CNC(=O)c1ccc(Br)c(F)c1)CC(=O)O. The molecule has 0 saturated heterocycles. The molecule has 0 bridgehead atoms. The highest BCUT2D eigenvalue weighted by molar-refractivity contribution is 9.10. The average molecular weight is 360 g/mol. The third-order valence-corrected chi connectivity index (χ3v) is 3.64. The van der Waals surface area contributed by atoms with Gasteiger partial charge >= 0.3 is 5.97 Å². The van der Waals surface area contributed by atoms with E-state index in [1.165, 1.54) is 12.1 Å². The second-order valence-electron chi connectivity index (χ2n) is 5.43. The van der Waals surface area contributed by atoms with Gasteiger partial charge in [-0.3, -0.25) is 9.59 Å². The van der Waals surface area contributed by atoms with E-state index in [4.69, 9.17) is 5.11 Å². The van der Waals surface area contributed by atoms with Crippen molar-refractivity contribution in [2.75, 3.05) is 6.54 Å². The van der Waals surface area contributed by atoms with Gasteiger partial charge in [0.25, 0.3) is 5.91 Å². The molecule has 1 aromatic carbocycles. The van der Waals surface area contributed by atoms with Gasteiger partial charge in [-0.1, -0.05) is 13.8 Å². The van der Waals surface area contributed by atoms with Crippen LogP contribution in [0, 0.1) is 17.7 Å². The molecule has 0 fully saturated rings. The molecule has 1 aromatic rings. The maximum absolute atomic E-state index is 13.4. The second kappa shape index (κ2) is 8.12. The lowest BCUT2D eigenvalue weighted by Gasteiger charge is -2.17. The summed E-state index contributed by atoms with van der Waals surface area (Å²) in [5.74, 6) is -1.58. The molecule has 1 atom stereocenters. The molecule has 0 aromatic heterocycles. The minimum atomic E-state index is -0.885. The number of benzene rings is 1. The van der Waals surface area contributed by atoms with E-state index in [1.807, 2.05) is 13.8 Å². The molecule has 0 aliphatic heterocycles. The first-order valence-electron chi connectivity index (χ1n) is 6.74. The van der Waals surface area contributed by atoms with Crippen molar-refractivity contribution in [3.63, 3.8) is 0 Å². The van der Waals surface area contributed by atoms with Crippen LogP contribution in [0.5, 0.6) is 0 Å².